The number of hydrogen-bond acceptors (Lipinski definition) is 4. The van der Waals surface area contributed by atoms with Crippen molar-refractivity contribution in [2.45, 2.75) is 30.0 Å². The van der Waals surface area contributed by atoms with E-state index in [1.807, 2.05) is 7.05 Å². The number of rotatable bonds is 3. The highest BCUT2D eigenvalue weighted by molar-refractivity contribution is 7.99. The average Bonchev–Trinajstić information content (AvgIpc) is 2.44. The zero-order valence-corrected chi connectivity index (χ0v) is 8.42. The van der Waals surface area contributed by atoms with Gasteiger partial charge in [-0.15, -0.1) is 0 Å². The van der Waals surface area contributed by atoms with Crippen LogP contribution >= 0.6 is 11.8 Å². The van der Waals surface area contributed by atoms with Crippen molar-refractivity contribution in [3.8, 4) is 0 Å². The second-order valence-corrected chi connectivity index (χ2v) is 4.48. The Kier molecular flexibility index (Phi) is 2.29. The lowest BCUT2D eigenvalue weighted by Gasteiger charge is -2.35. The van der Waals surface area contributed by atoms with E-state index in [1.54, 1.807) is 16.4 Å². The topological polar surface area (TPSA) is 50.9 Å². The third kappa shape index (κ3) is 1.86. The lowest BCUT2D eigenvalue weighted by Crippen LogP contribution is -2.39. The summed E-state index contributed by atoms with van der Waals surface area (Å²) < 4.78 is 1.73. The van der Waals surface area contributed by atoms with Crippen LogP contribution in [0.3, 0.4) is 0 Å². The van der Waals surface area contributed by atoms with Crippen LogP contribution in [0.25, 0.3) is 0 Å². The number of nitrogens with zero attached hydrogens (tertiary/aromatic N) is 3. The van der Waals surface area contributed by atoms with E-state index < -0.39 is 5.60 Å². The smallest absolute Gasteiger partial charge is 0.185 e. The predicted molar refractivity (Wildman–Crippen MR) is 50.5 cm³/mol. The van der Waals surface area contributed by atoms with Crippen LogP contribution in [-0.2, 0) is 7.05 Å². The van der Waals surface area contributed by atoms with Gasteiger partial charge in [-0.25, -0.2) is 9.67 Å². The Morgan fingerprint density at radius 2 is 2.46 bits per heavy atom. The standard InChI is InChI=1S/C8H13N3OS/c1-11-7(9-6-10-11)13-5-8(12)3-2-4-8/h6,12H,2-5H2,1H3. The van der Waals surface area contributed by atoms with E-state index in [4.69, 9.17) is 0 Å². The zero-order valence-electron chi connectivity index (χ0n) is 7.60. The molecule has 1 aromatic heterocycles. The Morgan fingerprint density at radius 1 is 1.69 bits per heavy atom. The summed E-state index contributed by atoms with van der Waals surface area (Å²) in [6, 6.07) is 0. The molecule has 13 heavy (non-hydrogen) atoms. The molecule has 1 N–H and O–H groups in total. The molecule has 0 spiro atoms. The van der Waals surface area contributed by atoms with Gasteiger partial charge in [0.15, 0.2) is 5.16 Å². The fraction of sp³-hybridized carbons (Fsp3) is 0.750. The highest BCUT2D eigenvalue weighted by Crippen LogP contribution is 2.35. The third-order valence-electron chi connectivity index (χ3n) is 2.42. The van der Waals surface area contributed by atoms with Crippen molar-refractivity contribution in [3.63, 3.8) is 0 Å². The second kappa shape index (κ2) is 3.31. The largest absolute Gasteiger partial charge is 0.389 e. The zero-order chi connectivity index (χ0) is 9.31. The summed E-state index contributed by atoms with van der Waals surface area (Å²) >= 11 is 1.58. The van der Waals surface area contributed by atoms with Crippen molar-refractivity contribution >= 4 is 11.8 Å². The van der Waals surface area contributed by atoms with Crippen molar-refractivity contribution in [2.24, 2.45) is 7.05 Å². The first-order chi connectivity index (χ1) is 6.20. The van der Waals surface area contributed by atoms with E-state index >= 15 is 0 Å². The molecule has 2 rings (SSSR count). The van der Waals surface area contributed by atoms with E-state index in [2.05, 4.69) is 10.1 Å². The van der Waals surface area contributed by atoms with Crippen molar-refractivity contribution in [1.29, 1.82) is 0 Å². The molecule has 0 aliphatic heterocycles. The van der Waals surface area contributed by atoms with E-state index in [-0.39, 0.29) is 0 Å². The molecule has 4 nitrogen and oxygen atoms in total. The van der Waals surface area contributed by atoms with Gasteiger partial charge in [-0.2, -0.15) is 5.10 Å². The highest BCUT2D eigenvalue weighted by Gasteiger charge is 2.34. The predicted octanol–water partition coefficient (Wildman–Crippen LogP) is 0.822. The first kappa shape index (κ1) is 9.02. The van der Waals surface area contributed by atoms with E-state index in [9.17, 15) is 5.11 Å². The van der Waals surface area contributed by atoms with Crippen molar-refractivity contribution < 1.29 is 5.11 Å². The van der Waals surface area contributed by atoms with E-state index in [1.165, 1.54) is 6.33 Å². The molecular formula is C8H13N3OS. The molecule has 0 saturated heterocycles. The highest BCUT2D eigenvalue weighted by atomic mass is 32.2. The minimum Gasteiger partial charge on any atom is -0.389 e. The van der Waals surface area contributed by atoms with Gasteiger partial charge in [0, 0.05) is 12.8 Å². The fourth-order valence-corrected chi connectivity index (χ4v) is 2.39. The van der Waals surface area contributed by atoms with E-state index in [0.29, 0.717) is 0 Å². The Labute approximate surface area is 81.4 Å². The molecule has 0 amide bonds. The molecule has 1 heterocycles. The normalized spacial score (nSPS) is 19.8. The molecular weight excluding hydrogens is 186 g/mol. The summed E-state index contributed by atoms with van der Waals surface area (Å²) in [5, 5.41) is 14.7. The third-order valence-corrected chi connectivity index (χ3v) is 3.73. The van der Waals surface area contributed by atoms with Gasteiger partial charge in [-0.05, 0) is 19.3 Å². The van der Waals surface area contributed by atoms with Gasteiger partial charge in [0.2, 0.25) is 0 Å². The Balaban J connectivity index is 1.89. The first-order valence-corrected chi connectivity index (χ1v) is 5.37. The van der Waals surface area contributed by atoms with E-state index in [0.717, 1.165) is 30.2 Å². The molecule has 1 aliphatic rings. The first-order valence-electron chi connectivity index (χ1n) is 4.39. The van der Waals surface area contributed by atoms with Crippen LogP contribution in [0, 0.1) is 0 Å². The molecule has 1 saturated carbocycles. The van der Waals surface area contributed by atoms with Crippen molar-refractivity contribution in [2.75, 3.05) is 5.75 Å². The molecule has 72 valence electrons. The summed E-state index contributed by atoms with van der Waals surface area (Å²) in [4.78, 5) is 4.08. The molecule has 0 unspecified atom stereocenters. The summed E-state index contributed by atoms with van der Waals surface area (Å²) in [5.74, 6) is 0.736. The van der Waals surface area contributed by atoms with Crippen LogP contribution in [0.1, 0.15) is 19.3 Å². The number of aliphatic hydroxyl groups is 1. The average molecular weight is 199 g/mol. The lowest BCUT2D eigenvalue weighted by molar-refractivity contribution is -0.00994. The molecule has 0 atom stereocenters. The van der Waals surface area contributed by atoms with Gasteiger partial charge >= 0.3 is 0 Å². The Hall–Kier alpha value is -0.550. The SMILES string of the molecule is Cn1ncnc1SCC1(O)CCC1. The molecule has 1 fully saturated rings. The van der Waals surface area contributed by atoms with Crippen LogP contribution in [-0.4, -0.2) is 31.2 Å². The maximum atomic E-state index is 9.82. The monoisotopic (exact) mass is 199 g/mol. The Morgan fingerprint density at radius 3 is 2.92 bits per heavy atom. The van der Waals surface area contributed by atoms with Crippen molar-refractivity contribution in [3.05, 3.63) is 6.33 Å². The van der Waals surface area contributed by atoms with Gasteiger partial charge in [0.25, 0.3) is 0 Å². The number of aromatic nitrogens is 3. The quantitative estimate of drug-likeness (QED) is 0.732. The summed E-state index contributed by atoms with van der Waals surface area (Å²) in [6.45, 7) is 0. The molecule has 0 bridgehead atoms. The van der Waals surface area contributed by atoms with Crippen LogP contribution < -0.4 is 0 Å². The number of thioether (sulfide) groups is 1. The maximum Gasteiger partial charge on any atom is 0.185 e. The van der Waals surface area contributed by atoms with Crippen LogP contribution in [0.4, 0.5) is 0 Å². The molecule has 0 radical (unpaired) electrons. The lowest BCUT2D eigenvalue weighted by atomic mass is 9.82. The summed E-state index contributed by atoms with van der Waals surface area (Å²) in [5.41, 5.74) is -0.434. The van der Waals surface area contributed by atoms with Gasteiger partial charge in [-0.3, -0.25) is 0 Å². The fourth-order valence-electron chi connectivity index (χ4n) is 1.34. The maximum absolute atomic E-state index is 9.82. The van der Waals surface area contributed by atoms with Crippen LogP contribution in [0.5, 0.6) is 0 Å². The number of hydrogen-bond donors (Lipinski definition) is 1. The molecule has 5 heteroatoms. The number of aryl methyl sites for hydroxylation is 1. The molecule has 1 aromatic rings. The Bertz CT molecular complexity index is 295. The van der Waals surface area contributed by atoms with Gasteiger partial charge < -0.3 is 5.11 Å². The van der Waals surface area contributed by atoms with Crippen molar-refractivity contribution in [1.82, 2.24) is 14.8 Å². The summed E-state index contributed by atoms with van der Waals surface area (Å²) in [6.07, 6.45) is 4.54. The minimum absolute atomic E-state index is 0.434. The molecule has 0 aromatic carbocycles. The summed E-state index contributed by atoms with van der Waals surface area (Å²) in [7, 11) is 1.86. The minimum atomic E-state index is -0.434. The van der Waals surface area contributed by atoms with Crippen LogP contribution in [0.15, 0.2) is 11.5 Å². The molecule has 1 aliphatic carbocycles. The van der Waals surface area contributed by atoms with Gasteiger partial charge in [-0.1, -0.05) is 11.8 Å². The second-order valence-electron chi connectivity index (χ2n) is 3.53. The van der Waals surface area contributed by atoms with Gasteiger partial charge in [0.05, 0.1) is 5.60 Å². The van der Waals surface area contributed by atoms with Gasteiger partial charge in [0.1, 0.15) is 6.33 Å². The van der Waals surface area contributed by atoms with Crippen LogP contribution in [0.2, 0.25) is 0 Å².